The molecule has 0 N–H and O–H groups in total. The summed E-state index contributed by atoms with van der Waals surface area (Å²) in [6.45, 7) is 2.81. The molecule has 2 aromatic carbocycles. The van der Waals surface area contributed by atoms with Crippen LogP contribution in [0.1, 0.15) is 20.3 Å². The Morgan fingerprint density at radius 2 is 1.68 bits per heavy atom. The van der Waals surface area contributed by atoms with Crippen molar-refractivity contribution in [3.63, 3.8) is 0 Å². The molecular weight excluding hydrogens is 558 g/mol. The van der Waals surface area contributed by atoms with Gasteiger partial charge < -0.3 is 0 Å². The molecule has 0 aliphatic rings. The van der Waals surface area contributed by atoms with Gasteiger partial charge in [0.1, 0.15) is 11.6 Å². The fraction of sp³-hybridized carbons (Fsp3) is 0.150. The van der Waals surface area contributed by atoms with Crippen molar-refractivity contribution in [2.45, 2.75) is 20.3 Å². The number of ketones is 2. The molecule has 0 unspecified atom stereocenters. The van der Waals surface area contributed by atoms with Gasteiger partial charge in [-0.05, 0) is 48.9 Å². The third-order valence-electron chi connectivity index (χ3n) is 3.29. The van der Waals surface area contributed by atoms with E-state index in [0.717, 1.165) is 15.7 Å². The first-order valence-electron chi connectivity index (χ1n) is 7.56. The summed E-state index contributed by atoms with van der Waals surface area (Å²) >= 11 is 3.56. The third kappa shape index (κ3) is 6.62. The first-order chi connectivity index (χ1) is 11.5. The SMILES string of the molecule is Brc1cccc2cc(-c3ccccn3)ccc12.CC(=O)CC(C)=O.[Ir]. The van der Waals surface area contributed by atoms with Gasteiger partial charge in [0.15, 0.2) is 0 Å². The Labute approximate surface area is 169 Å². The average molecular weight is 576 g/mol. The summed E-state index contributed by atoms with van der Waals surface area (Å²) < 4.78 is 1.13. The number of aromatic nitrogens is 1. The molecule has 0 bridgehead atoms. The number of halogens is 1. The first kappa shape index (κ1) is 21.4. The van der Waals surface area contributed by atoms with Crippen LogP contribution in [0.15, 0.2) is 65.3 Å². The summed E-state index contributed by atoms with van der Waals surface area (Å²) in [6.07, 6.45) is 1.90. The fourth-order valence-corrected chi connectivity index (χ4v) is 2.80. The molecule has 3 nitrogen and oxygen atoms in total. The number of Topliss-reactive ketones (excluding diaryl/α,β-unsaturated/α-hetero) is 2. The molecular formula is C20H18BrIrNO2. The largest absolute Gasteiger partial charge is 0.300 e. The van der Waals surface area contributed by atoms with Gasteiger partial charge in [0, 0.05) is 36.3 Å². The number of carbonyl (C=O) groups is 2. The molecule has 3 aromatic rings. The number of benzene rings is 2. The van der Waals surface area contributed by atoms with Crippen LogP contribution in [0.4, 0.5) is 0 Å². The van der Waals surface area contributed by atoms with E-state index < -0.39 is 0 Å². The maximum absolute atomic E-state index is 10.0. The molecule has 3 rings (SSSR count). The molecule has 1 heterocycles. The van der Waals surface area contributed by atoms with Crippen molar-refractivity contribution in [3.8, 4) is 11.3 Å². The first-order valence-corrected chi connectivity index (χ1v) is 8.35. The Bertz CT molecular complexity index is 854. The molecule has 5 heteroatoms. The van der Waals surface area contributed by atoms with E-state index in [0.29, 0.717) is 0 Å². The van der Waals surface area contributed by atoms with E-state index in [1.807, 2.05) is 24.4 Å². The second-order valence-electron chi connectivity index (χ2n) is 5.47. The zero-order valence-electron chi connectivity index (χ0n) is 14.0. The number of rotatable bonds is 3. The Kier molecular flexibility index (Phi) is 8.84. The van der Waals surface area contributed by atoms with E-state index in [1.54, 1.807) is 0 Å². The zero-order chi connectivity index (χ0) is 17.5. The van der Waals surface area contributed by atoms with Crippen molar-refractivity contribution in [2.24, 2.45) is 0 Å². The van der Waals surface area contributed by atoms with Gasteiger partial charge in [0.05, 0.1) is 12.1 Å². The predicted octanol–water partition coefficient (Wildman–Crippen LogP) is 5.22. The number of fused-ring (bicyclic) bond motifs is 1. The minimum atomic E-state index is -0.0625. The quantitative estimate of drug-likeness (QED) is 0.402. The van der Waals surface area contributed by atoms with Gasteiger partial charge in [-0.15, -0.1) is 0 Å². The third-order valence-corrected chi connectivity index (χ3v) is 3.98. The molecule has 1 radical (unpaired) electrons. The van der Waals surface area contributed by atoms with Crippen molar-refractivity contribution in [1.82, 2.24) is 4.98 Å². The molecule has 1 aromatic heterocycles. The maximum Gasteiger partial charge on any atom is 0.137 e. The number of nitrogens with zero attached hydrogens (tertiary/aromatic N) is 1. The molecule has 25 heavy (non-hydrogen) atoms. The minimum Gasteiger partial charge on any atom is -0.300 e. The molecule has 0 aliphatic carbocycles. The van der Waals surface area contributed by atoms with Crippen LogP contribution in [0.3, 0.4) is 0 Å². The minimum absolute atomic E-state index is 0. The molecule has 0 amide bonds. The van der Waals surface area contributed by atoms with Gasteiger partial charge in [0.2, 0.25) is 0 Å². The van der Waals surface area contributed by atoms with E-state index in [9.17, 15) is 9.59 Å². The van der Waals surface area contributed by atoms with Crippen molar-refractivity contribution in [1.29, 1.82) is 0 Å². The van der Waals surface area contributed by atoms with Gasteiger partial charge in [-0.25, -0.2) is 0 Å². The number of hydrogen-bond acceptors (Lipinski definition) is 3. The number of hydrogen-bond donors (Lipinski definition) is 0. The smallest absolute Gasteiger partial charge is 0.137 e. The normalized spacial score (nSPS) is 9.56. The van der Waals surface area contributed by atoms with Crippen LogP contribution < -0.4 is 0 Å². The van der Waals surface area contributed by atoms with Crippen molar-refractivity contribution in [2.75, 3.05) is 0 Å². The van der Waals surface area contributed by atoms with Crippen LogP contribution in [0, 0.1) is 0 Å². The molecule has 0 aliphatic heterocycles. The van der Waals surface area contributed by atoms with Gasteiger partial charge >= 0.3 is 0 Å². The zero-order valence-corrected chi connectivity index (χ0v) is 17.9. The van der Waals surface area contributed by atoms with Crippen LogP contribution in [-0.4, -0.2) is 16.6 Å². The van der Waals surface area contributed by atoms with Gasteiger partial charge in [0.25, 0.3) is 0 Å². The average Bonchev–Trinajstić information content (AvgIpc) is 2.55. The summed E-state index contributed by atoms with van der Waals surface area (Å²) in [4.78, 5) is 24.4. The van der Waals surface area contributed by atoms with E-state index in [4.69, 9.17) is 0 Å². The molecule has 131 valence electrons. The van der Waals surface area contributed by atoms with Crippen LogP contribution in [-0.2, 0) is 29.7 Å². The predicted molar refractivity (Wildman–Crippen MR) is 101 cm³/mol. The van der Waals surface area contributed by atoms with Gasteiger partial charge in [-0.2, -0.15) is 0 Å². The summed E-state index contributed by atoms with van der Waals surface area (Å²) in [5.41, 5.74) is 2.16. The standard InChI is InChI=1S/C15H10BrN.C5H8O2.Ir/c16-14-5-3-4-11-10-12(7-8-13(11)14)15-6-1-2-9-17-15;1-4(6)3-5(2)7;/h1-10H;3H2,1-2H3;. The van der Waals surface area contributed by atoms with Crippen molar-refractivity contribution in [3.05, 3.63) is 65.3 Å². The van der Waals surface area contributed by atoms with Crippen LogP contribution in [0.5, 0.6) is 0 Å². The monoisotopic (exact) mass is 576 g/mol. The van der Waals surface area contributed by atoms with E-state index in [-0.39, 0.29) is 38.1 Å². The number of carbonyl (C=O) groups excluding carboxylic acids is 2. The van der Waals surface area contributed by atoms with Crippen LogP contribution in [0.2, 0.25) is 0 Å². The molecule has 0 saturated heterocycles. The summed E-state index contributed by atoms with van der Waals surface area (Å²) in [7, 11) is 0. The topological polar surface area (TPSA) is 47.0 Å². The summed E-state index contributed by atoms with van der Waals surface area (Å²) in [5, 5.41) is 2.45. The summed E-state index contributed by atoms with van der Waals surface area (Å²) in [6, 6.07) is 18.6. The van der Waals surface area contributed by atoms with Crippen LogP contribution >= 0.6 is 15.9 Å². The van der Waals surface area contributed by atoms with Crippen molar-refractivity contribution < 1.29 is 29.7 Å². The van der Waals surface area contributed by atoms with Gasteiger partial charge in [-0.1, -0.05) is 46.3 Å². The molecule has 0 fully saturated rings. The molecule has 0 spiro atoms. The van der Waals surface area contributed by atoms with E-state index in [1.165, 1.54) is 24.6 Å². The molecule has 0 atom stereocenters. The van der Waals surface area contributed by atoms with Crippen LogP contribution in [0.25, 0.3) is 22.0 Å². The van der Waals surface area contributed by atoms with E-state index >= 15 is 0 Å². The number of pyridine rings is 1. The Morgan fingerprint density at radius 3 is 2.24 bits per heavy atom. The fourth-order valence-electron chi connectivity index (χ4n) is 2.29. The van der Waals surface area contributed by atoms with Crippen molar-refractivity contribution >= 4 is 38.3 Å². The Balaban J connectivity index is 0.000000339. The Hall–Kier alpha value is -1.68. The maximum atomic E-state index is 10.0. The Morgan fingerprint density at radius 1 is 0.960 bits per heavy atom. The van der Waals surface area contributed by atoms with Gasteiger partial charge in [-0.3, -0.25) is 14.6 Å². The van der Waals surface area contributed by atoms with E-state index in [2.05, 4.69) is 57.3 Å². The second-order valence-corrected chi connectivity index (χ2v) is 6.33. The second kappa shape index (κ2) is 10.3. The molecule has 0 saturated carbocycles. The summed E-state index contributed by atoms with van der Waals surface area (Å²) in [5.74, 6) is -0.125.